The average Bonchev–Trinajstić information content (AvgIpc) is 3.05. The molecule has 1 N–H and O–H groups in total. The summed E-state index contributed by atoms with van der Waals surface area (Å²) >= 11 is 1.41. The fourth-order valence-electron chi connectivity index (χ4n) is 2.97. The molecule has 140 valence electrons. The number of carbonyl (C=O) groups is 1. The maximum Gasteiger partial charge on any atom is 0.234 e. The van der Waals surface area contributed by atoms with Gasteiger partial charge in [-0.3, -0.25) is 4.79 Å². The Morgan fingerprint density at radius 2 is 1.85 bits per heavy atom. The van der Waals surface area contributed by atoms with Crippen LogP contribution in [-0.2, 0) is 11.3 Å². The quantitative estimate of drug-likeness (QED) is 0.634. The van der Waals surface area contributed by atoms with Gasteiger partial charge in [0.25, 0.3) is 0 Å². The molecule has 1 aromatic heterocycles. The van der Waals surface area contributed by atoms with E-state index in [0.29, 0.717) is 5.75 Å². The summed E-state index contributed by atoms with van der Waals surface area (Å²) in [5.41, 5.74) is 5.32. The van der Waals surface area contributed by atoms with Gasteiger partial charge in [-0.05, 0) is 44.9 Å². The number of nitrogens with zero attached hydrogens (tertiary/aromatic N) is 3. The van der Waals surface area contributed by atoms with E-state index in [1.165, 1.54) is 17.3 Å². The zero-order valence-corrected chi connectivity index (χ0v) is 16.9. The Hall–Kier alpha value is -2.60. The fraction of sp³-hybridized carbons (Fsp3) is 0.286. The lowest BCUT2D eigenvalue weighted by atomic mass is 10.1. The van der Waals surface area contributed by atoms with E-state index in [0.717, 1.165) is 39.9 Å². The molecule has 0 spiro atoms. The van der Waals surface area contributed by atoms with E-state index in [4.69, 9.17) is 0 Å². The van der Waals surface area contributed by atoms with Crippen molar-refractivity contribution in [3.05, 3.63) is 59.2 Å². The van der Waals surface area contributed by atoms with Crippen molar-refractivity contribution < 1.29 is 4.79 Å². The molecule has 3 aromatic rings. The number of nitrogens with one attached hydrogen (secondary N) is 1. The molecule has 0 aliphatic rings. The third-order valence-electron chi connectivity index (χ3n) is 4.41. The van der Waals surface area contributed by atoms with Gasteiger partial charge >= 0.3 is 0 Å². The van der Waals surface area contributed by atoms with Crippen molar-refractivity contribution in [2.45, 2.75) is 39.4 Å². The van der Waals surface area contributed by atoms with Crippen LogP contribution in [0.2, 0.25) is 0 Å². The van der Waals surface area contributed by atoms with E-state index < -0.39 is 0 Å². The van der Waals surface area contributed by atoms with E-state index in [1.54, 1.807) is 0 Å². The highest BCUT2D eigenvalue weighted by molar-refractivity contribution is 7.99. The lowest BCUT2D eigenvalue weighted by molar-refractivity contribution is -0.113. The normalized spacial score (nSPS) is 10.8. The highest BCUT2D eigenvalue weighted by Crippen LogP contribution is 2.26. The number of benzene rings is 2. The SMILES string of the molecule is CCn1c(SCC(=O)Nc2ccc(C)cc2C)nnc1-c1ccccc1C. The van der Waals surface area contributed by atoms with Gasteiger partial charge in [0.2, 0.25) is 5.91 Å². The summed E-state index contributed by atoms with van der Waals surface area (Å²) in [6.45, 7) is 8.91. The number of amides is 1. The van der Waals surface area contributed by atoms with Crippen LogP contribution in [0.25, 0.3) is 11.4 Å². The van der Waals surface area contributed by atoms with Crippen LogP contribution in [0, 0.1) is 20.8 Å². The van der Waals surface area contributed by atoms with Crippen molar-refractivity contribution in [2.75, 3.05) is 11.1 Å². The number of carbonyl (C=O) groups excluding carboxylic acids is 1. The van der Waals surface area contributed by atoms with Crippen LogP contribution >= 0.6 is 11.8 Å². The summed E-state index contributed by atoms with van der Waals surface area (Å²) in [6.07, 6.45) is 0. The molecule has 0 bridgehead atoms. The molecule has 0 aliphatic carbocycles. The molecule has 1 amide bonds. The maximum absolute atomic E-state index is 12.4. The maximum atomic E-state index is 12.4. The van der Waals surface area contributed by atoms with Gasteiger partial charge in [0.1, 0.15) is 0 Å². The van der Waals surface area contributed by atoms with Crippen molar-refractivity contribution in [3.63, 3.8) is 0 Å². The first-order valence-corrected chi connectivity index (χ1v) is 9.97. The Labute approximate surface area is 164 Å². The third-order valence-corrected chi connectivity index (χ3v) is 5.37. The first-order valence-electron chi connectivity index (χ1n) is 8.98. The number of hydrogen-bond donors (Lipinski definition) is 1. The van der Waals surface area contributed by atoms with Gasteiger partial charge in [0, 0.05) is 17.8 Å². The van der Waals surface area contributed by atoms with Crippen LogP contribution in [0.1, 0.15) is 23.6 Å². The van der Waals surface area contributed by atoms with Crippen molar-refractivity contribution >= 4 is 23.4 Å². The van der Waals surface area contributed by atoms with Crippen LogP contribution in [0.3, 0.4) is 0 Å². The Morgan fingerprint density at radius 3 is 2.56 bits per heavy atom. The molecule has 0 unspecified atom stereocenters. The van der Waals surface area contributed by atoms with Gasteiger partial charge in [-0.25, -0.2) is 0 Å². The van der Waals surface area contributed by atoms with E-state index in [2.05, 4.69) is 46.1 Å². The molecule has 0 aliphatic heterocycles. The zero-order chi connectivity index (χ0) is 19.4. The Bertz CT molecular complexity index is 965. The second kappa shape index (κ2) is 8.39. The highest BCUT2D eigenvalue weighted by Gasteiger charge is 2.16. The molecular formula is C21H24N4OS. The van der Waals surface area contributed by atoms with Crippen molar-refractivity contribution in [1.29, 1.82) is 0 Å². The summed E-state index contributed by atoms with van der Waals surface area (Å²) in [7, 11) is 0. The second-order valence-electron chi connectivity index (χ2n) is 6.52. The largest absolute Gasteiger partial charge is 0.325 e. The summed E-state index contributed by atoms with van der Waals surface area (Å²) in [6, 6.07) is 14.1. The molecule has 0 saturated heterocycles. The number of aromatic nitrogens is 3. The summed E-state index contributed by atoms with van der Waals surface area (Å²) in [5, 5.41) is 12.4. The summed E-state index contributed by atoms with van der Waals surface area (Å²) in [5.74, 6) is 1.09. The minimum atomic E-state index is -0.0463. The average molecular weight is 381 g/mol. The van der Waals surface area contributed by atoms with E-state index in [1.807, 2.05) is 44.2 Å². The van der Waals surface area contributed by atoms with Crippen molar-refractivity contribution in [1.82, 2.24) is 14.8 Å². The third kappa shape index (κ3) is 4.39. The predicted octanol–water partition coefficient (Wildman–Crippen LogP) is 4.62. The van der Waals surface area contributed by atoms with Gasteiger partial charge in [0.05, 0.1) is 5.75 Å². The fourth-order valence-corrected chi connectivity index (χ4v) is 3.78. The van der Waals surface area contributed by atoms with Crippen molar-refractivity contribution in [2.24, 2.45) is 0 Å². The minimum Gasteiger partial charge on any atom is -0.325 e. The molecule has 6 heteroatoms. The molecule has 0 saturated carbocycles. The molecule has 27 heavy (non-hydrogen) atoms. The smallest absolute Gasteiger partial charge is 0.234 e. The molecule has 0 fully saturated rings. The number of thioether (sulfide) groups is 1. The van der Waals surface area contributed by atoms with Gasteiger partial charge in [-0.2, -0.15) is 0 Å². The number of hydrogen-bond acceptors (Lipinski definition) is 4. The first kappa shape index (κ1) is 19.2. The van der Waals surface area contributed by atoms with Gasteiger partial charge in [-0.15, -0.1) is 10.2 Å². The topological polar surface area (TPSA) is 59.8 Å². The monoisotopic (exact) mass is 380 g/mol. The molecule has 0 radical (unpaired) electrons. The molecular weight excluding hydrogens is 356 g/mol. The molecule has 2 aromatic carbocycles. The first-order chi connectivity index (χ1) is 13.0. The Morgan fingerprint density at radius 1 is 1.07 bits per heavy atom. The van der Waals surface area contributed by atoms with Crippen LogP contribution < -0.4 is 5.32 Å². The lowest BCUT2D eigenvalue weighted by Gasteiger charge is -2.10. The minimum absolute atomic E-state index is 0.0463. The molecule has 1 heterocycles. The van der Waals surface area contributed by atoms with Gasteiger partial charge in [-0.1, -0.05) is 53.7 Å². The van der Waals surface area contributed by atoms with Crippen LogP contribution in [0.5, 0.6) is 0 Å². The highest BCUT2D eigenvalue weighted by atomic mass is 32.2. The molecule has 5 nitrogen and oxygen atoms in total. The standard InChI is InChI=1S/C21H24N4OS/c1-5-25-20(17-9-7-6-8-15(17)3)23-24-21(25)27-13-19(26)22-18-11-10-14(2)12-16(18)4/h6-12H,5,13H2,1-4H3,(H,22,26). The van der Waals surface area contributed by atoms with E-state index >= 15 is 0 Å². The summed E-state index contributed by atoms with van der Waals surface area (Å²) < 4.78 is 2.05. The number of rotatable bonds is 6. The van der Waals surface area contributed by atoms with E-state index in [9.17, 15) is 4.79 Å². The molecule has 3 rings (SSSR count). The van der Waals surface area contributed by atoms with Crippen LogP contribution in [0.15, 0.2) is 47.6 Å². The number of aryl methyl sites for hydroxylation is 3. The predicted molar refractivity (Wildman–Crippen MR) is 111 cm³/mol. The lowest BCUT2D eigenvalue weighted by Crippen LogP contribution is -2.15. The summed E-state index contributed by atoms with van der Waals surface area (Å²) in [4.78, 5) is 12.4. The second-order valence-corrected chi connectivity index (χ2v) is 7.46. The van der Waals surface area contributed by atoms with Crippen LogP contribution in [0.4, 0.5) is 5.69 Å². The van der Waals surface area contributed by atoms with Gasteiger partial charge < -0.3 is 9.88 Å². The molecule has 0 atom stereocenters. The van der Waals surface area contributed by atoms with Crippen LogP contribution in [-0.4, -0.2) is 26.4 Å². The Kier molecular flexibility index (Phi) is 5.96. The van der Waals surface area contributed by atoms with E-state index in [-0.39, 0.29) is 5.91 Å². The Balaban J connectivity index is 1.71. The van der Waals surface area contributed by atoms with Crippen molar-refractivity contribution in [3.8, 4) is 11.4 Å². The van der Waals surface area contributed by atoms with Gasteiger partial charge in [0.15, 0.2) is 11.0 Å². The number of anilines is 1. The zero-order valence-electron chi connectivity index (χ0n) is 16.1.